The molecule has 1 aliphatic heterocycles. The zero-order valence-electron chi connectivity index (χ0n) is 7.26. The van der Waals surface area contributed by atoms with Crippen LogP contribution in [-0.4, -0.2) is 30.8 Å². The van der Waals surface area contributed by atoms with E-state index in [2.05, 4.69) is 5.32 Å². The fourth-order valence-electron chi connectivity index (χ4n) is 1.07. The molecule has 1 saturated heterocycles. The van der Waals surface area contributed by atoms with Crippen molar-refractivity contribution in [2.45, 2.75) is 12.8 Å². The number of piperidine rings is 1. The molecule has 0 atom stereocenters. The molecule has 1 rings (SSSR count). The topological polar surface area (TPSA) is 49.4 Å². The highest BCUT2D eigenvalue weighted by Gasteiger charge is 2.19. The second-order valence-corrected chi connectivity index (χ2v) is 3.00. The summed E-state index contributed by atoms with van der Waals surface area (Å²) in [6, 6.07) is 0. The van der Waals surface area contributed by atoms with Gasteiger partial charge in [-0.15, -0.1) is 0 Å². The van der Waals surface area contributed by atoms with Gasteiger partial charge in [0, 0.05) is 32.3 Å². The van der Waals surface area contributed by atoms with Gasteiger partial charge >= 0.3 is 0 Å². The second-order valence-electron chi connectivity index (χ2n) is 3.00. The smallest absolute Gasteiger partial charge is 0.255 e. The molecule has 0 bridgehead atoms. The summed E-state index contributed by atoms with van der Waals surface area (Å²) in [5.74, 6) is -0.448. The van der Waals surface area contributed by atoms with Crippen LogP contribution in [0.25, 0.3) is 0 Å². The molecule has 0 saturated carbocycles. The minimum absolute atomic E-state index is 0.184. The molecule has 0 aromatic rings. The molecule has 0 radical (unpaired) electrons. The van der Waals surface area contributed by atoms with Crippen LogP contribution in [0.4, 0.5) is 0 Å². The highest BCUT2D eigenvalue weighted by atomic mass is 16.2. The largest absolute Gasteiger partial charge is 0.383 e. The van der Waals surface area contributed by atoms with Crippen molar-refractivity contribution in [1.82, 2.24) is 10.2 Å². The van der Waals surface area contributed by atoms with Crippen molar-refractivity contribution in [2.24, 2.45) is 0 Å². The van der Waals surface area contributed by atoms with Crippen LogP contribution in [0.1, 0.15) is 12.8 Å². The van der Waals surface area contributed by atoms with E-state index in [0.717, 1.165) is 0 Å². The van der Waals surface area contributed by atoms with E-state index in [9.17, 15) is 9.59 Å². The number of carbonyl (C=O) groups excluding carboxylic acids is 2. The SMILES string of the molecule is CN(C)/C=C1\CCC(=O)NC1=O. The number of hydrogen-bond donors (Lipinski definition) is 1. The molecule has 12 heavy (non-hydrogen) atoms. The lowest BCUT2D eigenvalue weighted by atomic mass is 10.1. The van der Waals surface area contributed by atoms with Crippen molar-refractivity contribution in [2.75, 3.05) is 14.1 Å². The summed E-state index contributed by atoms with van der Waals surface area (Å²) in [4.78, 5) is 23.6. The fourth-order valence-corrected chi connectivity index (χ4v) is 1.07. The van der Waals surface area contributed by atoms with Crippen LogP contribution in [0.5, 0.6) is 0 Å². The Morgan fingerprint density at radius 3 is 2.50 bits per heavy atom. The molecular formula is C8H12N2O2. The first-order valence-corrected chi connectivity index (χ1v) is 3.81. The van der Waals surface area contributed by atoms with Gasteiger partial charge in [-0.3, -0.25) is 14.9 Å². The fraction of sp³-hybridized carbons (Fsp3) is 0.500. The van der Waals surface area contributed by atoms with E-state index in [-0.39, 0.29) is 11.8 Å². The molecular weight excluding hydrogens is 156 g/mol. The maximum Gasteiger partial charge on any atom is 0.255 e. The first kappa shape index (κ1) is 8.77. The minimum atomic E-state index is -0.264. The third-order valence-corrected chi connectivity index (χ3v) is 1.58. The summed E-state index contributed by atoms with van der Waals surface area (Å²) < 4.78 is 0. The van der Waals surface area contributed by atoms with Gasteiger partial charge < -0.3 is 4.90 Å². The second kappa shape index (κ2) is 3.38. The zero-order chi connectivity index (χ0) is 9.14. The molecule has 4 heteroatoms. The van der Waals surface area contributed by atoms with Crippen LogP contribution in [0, 0.1) is 0 Å². The number of amides is 2. The normalized spacial score (nSPS) is 21.0. The third kappa shape index (κ3) is 2.08. The minimum Gasteiger partial charge on any atom is -0.383 e. The summed E-state index contributed by atoms with van der Waals surface area (Å²) in [6.45, 7) is 0. The molecule has 0 spiro atoms. The van der Waals surface area contributed by atoms with Crippen LogP contribution in [0.15, 0.2) is 11.8 Å². The predicted octanol–water partition coefficient (Wildman–Crippen LogP) is -0.132. The number of nitrogens with zero attached hydrogens (tertiary/aromatic N) is 1. The lowest BCUT2D eigenvalue weighted by Crippen LogP contribution is -2.36. The van der Waals surface area contributed by atoms with Crippen molar-refractivity contribution < 1.29 is 9.59 Å². The molecule has 0 unspecified atom stereocenters. The molecule has 0 aromatic heterocycles. The average Bonchev–Trinajstić information content (AvgIpc) is 1.94. The monoisotopic (exact) mass is 168 g/mol. The summed E-state index contributed by atoms with van der Waals surface area (Å²) >= 11 is 0. The van der Waals surface area contributed by atoms with Gasteiger partial charge in [-0.2, -0.15) is 0 Å². The Kier molecular flexibility index (Phi) is 2.47. The molecule has 2 amide bonds. The molecule has 0 aromatic carbocycles. The average molecular weight is 168 g/mol. The van der Waals surface area contributed by atoms with Crippen molar-refractivity contribution >= 4 is 11.8 Å². The predicted molar refractivity (Wildman–Crippen MR) is 44.2 cm³/mol. The molecule has 66 valence electrons. The van der Waals surface area contributed by atoms with Gasteiger partial charge in [-0.25, -0.2) is 0 Å². The number of rotatable bonds is 1. The van der Waals surface area contributed by atoms with Crippen molar-refractivity contribution in [3.05, 3.63) is 11.8 Å². The van der Waals surface area contributed by atoms with E-state index in [0.29, 0.717) is 18.4 Å². The molecule has 1 heterocycles. The standard InChI is InChI=1S/C8H12N2O2/c1-10(2)5-6-3-4-7(11)9-8(6)12/h5H,3-4H2,1-2H3,(H,9,11,12)/b6-5+. The van der Waals surface area contributed by atoms with Crippen molar-refractivity contribution in [1.29, 1.82) is 0 Å². The Labute approximate surface area is 71.2 Å². The lowest BCUT2D eigenvalue weighted by molar-refractivity contribution is -0.130. The van der Waals surface area contributed by atoms with Gasteiger partial charge in [0.2, 0.25) is 5.91 Å². The zero-order valence-corrected chi connectivity index (χ0v) is 7.26. The van der Waals surface area contributed by atoms with Crippen molar-refractivity contribution in [3.8, 4) is 0 Å². The summed E-state index contributed by atoms with van der Waals surface area (Å²) in [6.07, 6.45) is 2.69. The molecule has 1 fully saturated rings. The van der Waals surface area contributed by atoms with E-state index >= 15 is 0 Å². The first-order valence-electron chi connectivity index (χ1n) is 3.81. The molecule has 0 aliphatic carbocycles. The number of hydrogen-bond acceptors (Lipinski definition) is 3. The highest BCUT2D eigenvalue weighted by molar-refractivity contribution is 6.06. The van der Waals surface area contributed by atoms with Crippen LogP contribution < -0.4 is 5.32 Å². The van der Waals surface area contributed by atoms with Gasteiger partial charge in [0.25, 0.3) is 5.91 Å². The van der Waals surface area contributed by atoms with Crippen LogP contribution >= 0.6 is 0 Å². The van der Waals surface area contributed by atoms with Crippen LogP contribution in [0.3, 0.4) is 0 Å². The van der Waals surface area contributed by atoms with Crippen molar-refractivity contribution in [3.63, 3.8) is 0 Å². The molecule has 1 aliphatic rings. The van der Waals surface area contributed by atoms with E-state index in [1.807, 2.05) is 14.1 Å². The molecule has 1 N–H and O–H groups in total. The lowest BCUT2D eigenvalue weighted by Gasteiger charge is -2.15. The van der Waals surface area contributed by atoms with E-state index in [4.69, 9.17) is 0 Å². The Morgan fingerprint density at radius 1 is 1.33 bits per heavy atom. The number of carbonyl (C=O) groups is 2. The number of nitrogens with one attached hydrogen (secondary N) is 1. The van der Waals surface area contributed by atoms with Gasteiger partial charge in [0.15, 0.2) is 0 Å². The first-order chi connectivity index (χ1) is 5.59. The van der Waals surface area contributed by atoms with Crippen LogP contribution in [-0.2, 0) is 9.59 Å². The van der Waals surface area contributed by atoms with E-state index in [1.54, 1.807) is 11.1 Å². The Hall–Kier alpha value is -1.32. The maximum absolute atomic E-state index is 11.1. The Balaban J connectivity index is 2.68. The quantitative estimate of drug-likeness (QED) is 0.438. The van der Waals surface area contributed by atoms with Gasteiger partial charge in [0.05, 0.1) is 0 Å². The number of imide groups is 1. The van der Waals surface area contributed by atoms with E-state index < -0.39 is 0 Å². The third-order valence-electron chi connectivity index (χ3n) is 1.58. The Bertz CT molecular complexity index is 243. The van der Waals surface area contributed by atoms with Gasteiger partial charge in [0.1, 0.15) is 0 Å². The highest BCUT2D eigenvalue weighted by Crippen LogP contribution is 2.10. The maximum atomic E-state index is 11.1. The Morgan fingerprint density at radius 2 is 2.00 bits per heavy atom. The summed E-state index contributed by atoms with van der Waals surface area (Å²) in [5, 5.41) is 2.26. The molecule has 4 nitrogen and oxygen atoms in total. The van der Waals surface area contributed by atoms with E-state index in [1.165, 1.54) is 0 Å². The van der Waals surface area contributed by atoms with Gasteiger partial charge in [-0.05, 0) is 6.42 Å². The van der Waals surface area contributed by atoms with Crippen LogP contribution in [0.2, 0.25) is 0 Å². The van der Waals surface area contributed by atoms with Gasteiger partial charge in [-0.1, -0.05) is 0 Å². The summed E-state index contributed by atoms with van der Waals surface area (Å²) in [5.41, 5.74) is 0.666. The summed E-state index contributed by atoms with van der Waals surface area (Å²) in [7, 11) is 3.69.